The third-order valence-corrected chi connectivity index (χ3v) is 3.28. The first-order chi connectivity index (χ1) is 9.81. The van der Waals surface area contributed by atoms with Gasteiger partial charge in [0.1, 0.15) is 5.92 Å². The third kappa shape index (κ3) is 1.95. The number of nitrogens with two attached hydrogens (primary N) is 1. The van der Waals surface area contributed by atoms with Crippen LogP contribution >= 0.6 is 0 Å². The van der Waals surface area contributed by atoms with Crippen molar-refractivity contribution < 1.29 is 0 Å². The van der Waals surface area contributed by atoms with Gasteiger partial charge in [-0.25, -0.2) is 0 Å². The number of anilines is 1. The maximum Gasteiger partial charge on any atom is 0.153 e. The molecule has 0 aliphatic carbocycles. The highest BCUT2D eigenvalue weighted by Gasteiger charge is 2.19. The van der Waals surface area contributed by atoms with Gasteiger partial charge in [0.05, 0.1) is 11.8 Å². The Kier molecular flexibility index (Phi) is 3.02. The number of nitrogens with zero attached hydrogens (tertiary/aromatic N) is 3. The molecule has 0 saturated carbocycles. The van der Waals surface area contributed by atoms with Gasteiger partial charge in [0.2, 0.25) is 0 Å². The molecule has 0 aliphatic heterocycles. The molecular weight excluding hydrogens is 248 g/mol. The molecule has 4 nitrogen and oxygen atoms in total. The van der Waals surface area contributed by atoms with Crippen molar-refractivity contribution in [2.75, 3.05) is 5.73 Å². The second kappa shape index (κ2) is 4.98. The summed E-state index contributed by atoms with van der Waals surface area (Å²) in [6, 6.07) is 19.5. The lowest BCUT2D eigenvalue weighted by Gasteiger charge is -2.11. The summed E-state index contributed by atoms with van der Waals surface area (Å²) >= 11 is 0. The highest BCUT2D eigenvalue weighted by molar-refractivity contribution is 5.92. The minimum absolute atomic E-state index is 0.383. The fourth-order valence-corrected chi connectivity index (χ4v) is 2.30. The molecule has 0 fully saturated rings. The highest BCUT2D eigenvalue weighted by atomic mass is 15.1. The van der Waals surface area contributed by atoms with Crippen molar-refractivity contribution in [3.05, 3.63) is 65.9 Å². The number of rotatable bonds is 2. The molecule has 0 radical (unpaired) electrons. The smallest absolute Gasteiger partial charge is 0.153 e. The largest absolute Gasteiger partial charge is 0.382 e. The monoisotopic (exact) mass is 260 g/mol. The Morgan fingerprint density at radius 1 is 0.900 bits per heavy atom. The molecule has 0 bridgehead atoms. The predicted octanol–water partition coefficient (Wildman–Crippen LogP) is 2.87. The van der Waals surface area contributed by atoms with Gasteiger partial charge in [-0.05, 0) is 5.56 Å². The van der Waals surface area contributed by atoms with Gasteiger partial charge in [0.15, 0.2) is 5.82 Å². The van der Waals surface area contributed by atoms with Crippen LogP contribution in [0, 0.1) is 11.3 Å². The molecule has 96 valence electrons. The van der Waals surface area contributed by atoms with E-state index in [1.807, 2.05) is 54.6 Å². The molecule has 1 aromatic heterocycles. The van der Waals surface area contributed by atoms with Crippen molar-refractivity contribution >= 4 is 16.6 Å². The average molecular weight is 260 g/mol. The van der Waals surface area contributed by atoms with E-state index in [2.05, 4.69) is 16.3 Å². The molecule has 3 rings (SSSR count). The van der Waals surface area contributed by atoms with Crippen molar-refractivity contribution in [2.24, 2.45) is 0 Å². The molecule has 3 aromatic rings. The zero-order valence-electron chi connectivity index (χ0n) is 10.7. The Morgan fingerprint density at radius 3 is 2.25 bits per heavy atom. The minimum atomic E-state index is -0.450. The van der Waals surface area contributed by atoms with Crippen LogP contribution in [0.2, 0.25) is 0 Å². The quantitative estimate of drug-likeness (QED) is 0.768. The van der Waals surface area contributed by atoms with Crippen molar-refractivity contribution in [1.82, 2.24) is 10.2 Å². The van der Waals surface area contributed by atoms with Crippen LogP contribution in [-0.2, 0) is 0 Å². The van der Waals surface area contributed by atoms with E-state index in [4.69, 9.17) is 5.73 Å². The third-order valence-electron chi connectivity index (χ3n) is 3.28. The maximum absolute atomic E-state index is 9.51. The van der Waals surface area contributed by atoms with Gasteiger partial charge in [-0.2, -0.15) is 10.4 Å². The lowest BCUT2D eigenvalue weighted by Crippen LogP contribution is -2.06. The second-order valence-corrected chi connectivity index (χ2v) is 4.49. The van der Waals surface area contributed by atoms with E-state index >= 15 is 0 Å². The highest BCUT2D eigenvalue weighted by Crippen LogP contribution is 2.29. The Morgan fingerprint density at radius 2 is 1.55 bits per heavy atom. The molecule has 2 aromatic carbocycles. The number of nitriles is 1. The first-order valence-corrected chi connectivity index (χ1v) is 6.26. The topological polar surface area (TPSA) is 75.6 Å². The Hall–Kier alpha value is -2.93. The van der Waals surface area contributed by atoms with Gasteiger partial charge >= 0.3 is 0 Å². The molecule has 20 heavy (non-hydrogen) atoms. The van der Waals surface area contributed by atoms with E-state index in [0.29, 0.717) is 11.5 Å². The van der Waals surface area contributed by atoms with Crippen molar-refractivity contribution in [3.63, 3.8) is 0 Å². The average Bonchev–Trinajstić information content (AvgIpc) is 2.52. The summed E-state index contributed by atoms with van der Waals surface area (Å²) in [6.45, 7) is 0. The molecule has 1 atom stereocenters. The Balaban J connectivity index is 2.24. The van der Waals surface area contributed by atoms with Crippen molar-refractivity contribution in [3.8, 4) is 6.07 Å². The van der Waals surface area contributed by atoms with Crippen LogP contribution in [0.15, 0.2) is 54.6 Å². The lowest BCUT2D eigenvalue weighted by atomic mass is 9.94. The van der Waals surface area contributed by atoms with E-state index in [0.717, 1.165) is 16.3 Å². The zero-order chi connectivity index (χ0) is 13.9. The molecule has 0 spiro atoms. The fraction of sp³-hybridized carbons (Fsp3) is 0.0625. The van der Waals surface area contributed by atoms with Crippen molar-refractivity contribution in [1.29, 1.82) is 5.26 Å². The summed E-state index contributed by atoms with van der Waals surface area (Å²) in [5.41, 5.74) is 7.39. The summed E-state index contributed by atoms with van der Waals surface area (Å²) < 4.78 is 0. The Bertz CT molecular complexity index is 790. The molecule has 1 unspecified atom stereocenters. The predicted molar refractivity (Wildman–Crippen MR) is 77.8 cm³/mol. The summed E-state index contributed by atoms with van der Waals surface area (Å²) in [5.74, 6) is -0.0664. The molecule has 4 heteroatoms. The standard InChI is InChI=1S/C16H12N4/c17-10-14(11-6-2-1-3-7-11)15-12-8-4-5-9-13(12)16(18)20-19-15/h1-9,14H,(H2,18,20). The summed E-state index contributed by atoms with van der Waals surface area (Å²) in [4.78, 5) is 0. The van der Waals surface area contributed by atoms with Crippen LogP contribution in [0.25, 0.3) is 10.8 Å². The number of aromatic nitrogens is 2. The molecule has 0 aliphatic rings. The van der Waals surface area contributed by atoms with E-state index < -0.39 is 5.92 Å². The van der Waals surface area contributed by atoms with E-state index in [1.54, 1.807) is 0 Å². The first kappa shape index (κ1) is 12.1. The normalized spacial score (nSPS) is 11.9. The van der Waals surface area contributed by atoms with Gasteiger partial charge in [0.25, 0.3) is 0 Å². The van der Waals surface area contributed by atoms with Gasteiger partial charge in [-0.15, -0.1) is 5.10 Å². The van der Waals surface area contributed by atoms with Crippen LogP contribution in [0.1, 0.15) is 17.2 Å². The van der Waals surface area contributed by atoms with E-state index in [1.165, 1.54) is 0 Å². The van der Waals surface area contributed by atoms with Crippen LogP contribution < -0.4 is 5.73 Å². The van der Waals surface area contributed by atoms with Crippen molar-refractivity contribution in [2.45, 2.75) is 5.92 Å². The van der Waals surface area contributed by atoms with Crippen LogP contribution in [0.3, 0.4) is 0 Å². The van der Waals surface area contributed by atoms with Crippen LogP contribution in [0.5, 0.6) is 0 Å². The fourth-order valence-electron chi connectivity index (χ4n) is 2.30. The maximum atomic E-state index is 9.51. The number of hydrogen-bond donors (Lipinski definition) is 1. The van der Waals surface area contributed by atoms with Gasteiger partial charge in [-0.3, -0.25) is 0 Å². The van der Waals surface area contributed by atoms with E-state index in [9.17, 15) is 5.26 Å². The molecule has 0 saturated heterocycles. The van der Waals surface area contributed by atoms with Crippen LogP contribution in [-0.4, -0.2) is 10.2 Å². The molecule has 0 amide bonds. The van der Waals surface area contributed by atoms with Crippen LogP contribution in [0.4, 0.5) is 5.82 Å². The zero-order valence-corrected chi connectivity index (χ0v) is 10.7. The molecule has 2 N–H and O–H groups in total. The SMILES string of the molecule is N#CC(c1ccccc1)c1nnc(N)c2ccccc12. The Labute approximate surface area is 116 Å². The summed E-state index contributed by atoms with van der Waals surface area (Å²) in [6.07, 6.45) is 0. The minimum Gasteiger partial charge on any atom is -0.382 e. The number of fused-ring (bicyclic) bond motifs is 1. The second-order valence-electron chi connectivity index (χ2n) is 4.49. The number of hydrogen-bond acceptors (Lipinski definition) is 4. The van der Waals surface area contributed by atoms with Gasteiger partial charge < -0.3 is 5.73 Å². The van der Waals surface area contributed by atoms with Gasteiger partial charge in [0, 0.05) is 10.8 Å². The molecular formula is C16H12N4. The molecule has 1 heterocycles. The first-order valence-electron chi connectivity index (χ1n) is 6.26. The lowest BCUT2D eigenvalue weighted by molar-refractivity contribution is 0.908. The van der Waals surface area contributed by atoms with E-state index in [-0.39, 0.29) is 0 Å². The summed E-state index contributed by atoms with van der Waals surface area (Å²) in [7, 11) is 0. The van der Waals surface area contributed by atoms with Gasteiger partial charge in [-0.1, -0.05) is 54.6 Å². The number of benzene rings is 2. The summed E-state index contributed by atoms with van der Waals surface area (Å²) in [5, 5.41) is 19.3. The number of nitrogen functional groups attached to an aromatic ring is 1.